The molecule has 174 valence electrons. The van der Waals surface area contributed by atoms with Crippen LogP contribution in [0.3, 0.4) is 0 Å². The molecule has 3 aromatic rings. The Morgan fingerprint density at radius 2 is 1.49 bits per heavy atom. The molecule has 1 aliphatic rings. The van der Waals surface area contributed by atoms with Crippen LogP contribution in [0.2, 0.25) is 0 Å². The monoisotopic (exact) mass is 466 g/mol. The number of nitrogens with zero attached hydrogens (tertiary/aromatic N) is 2. The summed E-state index contributed by atoms with van der Waals surface area (Å²) in [6.45, 7) is 0.230. The Balaban J connectivity index is 1.58. The van der Waals surface area contributed by atoms with E-state index in [1.54, 1.807) is 74.9 Å². The predicted octanol–water partition coefficient (Wildman–Crippen LogP) is 3.45. The van der Waals surface area contributed by atoms with Crippen molar-refractivity contribution in [2.24, 2.45) is 4.99 Å². The van der Waals surface area contributed by atoms with Gasteiger partial charge in [0.25, 0.3) is 11.8 Å². The molecular formula is C27H22N4O4. The van der Waals surface area contributed by atoms with Gasteiger partial charge in [-0.25, -0.2) is 4.99 Å². The van der Waals surface area contributed by atoms with Gasteiger partial charge in [-0.05, 0) is 42.0 Å². The van der Waals surface area contributed by atoms with Gasteiger partial charge in [0.2, 0.25) is 0 Å². The zero-order chi connectivity index (χ0) is 24.8. The van der Waals surface area contributed by atoms with E-state index in [9.17, 15) is 14.9 Å². The van der Waals surface area contributed by atoms with Crippen molar-refractivity contribution in [1.82, 2.24) is 10.6 Å². The van der Waals surface area contributed by atoms with E-state index in [2.05, 4.69) is 15.6 Å². The summed E-state index contributed by atoms with van der Waals surface area (Å²) in [4.78, 5) is 30.2. The minimum absolute atomic E-state index is 0.139. The van der Waals surface area contributed by atoms with Crippen LogP contribution in [0.5, 0.6) is 11.5 Å². The van der Waals surface area contributed by atoms with Crippen molar-refractivity contribution >= 4 is 23.3 Å². The summed E-state index contributed by atoms with van der Waals surface area (Å²) in [5.41, 5.74) is 2.55. The lowest BCUT2D eigenvalue weighted by molar-refractivity contribution is -0.117. The van der Waals surface area contributed by atoms with Crippen LogP contribution in [-0.2, 0) is 11.3 Å². The van der Waals surface area contributed by atoms with Gasteiger partial charge in [-0.3, -0.25) is 9.59 Å². The number of hydrogen-bond donors (Lipinski definition) is 2. The van der Waals surface area contributed by atoms with Gasteiger partial charge in [0.15, 0.2) is 0 Å². The van der Waals surface area contributed by atoms with Crippen molar-refractivity contribution in [3.63, 3.8) is 0 Å². The molecule has 0 unspecified atom stereocenters. The summed E-state index contributed by atoms with van der Waals surface area (Å²) in [7, 11) is 3.13. The van der Waals surface area contributed by atoms with Gasteiger partial charge in [0.05, 0.1) is 19.9 Å². The van der Waals surface area contributed by atoms with Crippen LogP contribution in [-0.4, -0.2) is 31.9 Å². The van der Waals surface area contributed by atoms with E-state index in [4.69, 9.17) is 9.47 Å². The number of rotatable bonds is 6. The van der Waals surface area contributed by atoms with Gasteiger partial charge < -0.3 is 20.1 Å². The van der Waals surface area contributed by atoms with Crippen molar-refractivity contribution < 1.29 is 19.1 Å². The normalized spacial score (nSPS) is 13.1. The van der Waals surface area contributed by atoms with Crippen molar-refractivity contribution in [3.8, 4) is 17.6 Å². The fourth-order valence-corrected chi connectivity index (χ4v) is 3.56. The molecule has 0 atom stereocenters. The molecule has 1 aliphatic heterocycles. The molecule has 0 radical (unpaired) electrons. The molecule has 0 aliphatic carbocycles. The summed E-state index contributed by atoms with van der Waals surface area (Å²) < 4.78 is 10.3. The molecule has 4 rings (SSSR count). The fourth-order valence-electron chi connectivity index (χ4n) is 3.56. The summed E-state index contributed by atoms with van der Waals surface area (Å²) in [5.74, 6) is 0.687. The maximum Gasteiger partial charge on any atom is 0.264 e. The molecule has 35 heavy (non-hydrogen) atoms. The first-order valence-corrected chi connectivity index (χ1v) is 10.7. The Labute approximate surface area is 202 Å². The van der Waals surface area contributed by atoms with Crippen LogP contribution >= 0.6 is 0 Å². The molecule has 0 saturated heterocycles. The number of nitriles is 1. The second kappa shape index (κ2) is 10.4. The fraction of sp³-hybridized carbons (Fsp3) is 0.111. The first-order valence-electron chi connectivity index (χ1n) is 10.7. The first kappa shape index (κ1) is 23.3. The number of methoxy groups -OCH3 is 2. The highest BCUT2D eigenvalue weighted by Crippen LogP contribution is 2.30. The minimum Gasteiger partial charge on any atom is -0.497 e. The molecule has 1 heterocycles. The van der Waals surface area contributed by atoms with Crippen LogP contribution in [0.4, 0.5) is 0 Å². The van der Waals surface area contributed by atoms with Gasteiger partial charge in [-0.1, -0.05) is 36.4 Å². The summed E-state index contributed by atoms with van der Waals surface area (Å²) in [6, 6.07) is 23.0. The molecular weight excluding hydrogens is 444 g/mol. The SMILES string of the molecule is COc1ccc(CNC(=O)C(C#N)=C2N=C(NC(=O)c3ccc(OC)cc3)c3ccccc32)cc1. The van der Waals surface area contributed by atoms with Gasteiger partial charge >= 0.3 is 0 Å². The number of amidine groups is 1. The Morgan fingerprint density at radius 3 is 2.09 bits per heavy atom. The second-order valence-corrected chi connectivity index (χ2v) is 7.55. The zero-order valence-electron chi connectivity index (χ0n) is 19.2. The molecule has 8 heteroatoms. The molecule has 8 nitrogen and oxygen atoms in total. The maximum atomic E-state index is 12.9. The molecule has 0 bridgehead atoms. The average molecular weight is 466 g/mol. The number of carbonyl (C=O) groups excluding carboxylic acids is 2. The number of ether oxygens (including phenoxy) is 2. The summed E-state index contributed by atoms with van der Waals surface area (Å²) in [6.07, 6.45) is 0. The lowest BCUT2D eigenvalue weighted by Crippen LogP contribution is -2.30. The Bertz CT molecular complexity index is 1370. The number of benzene rings is 3. The highest BCUT2D eigenvalue weighted by Gasteiger charge is 2.27. The molecule has 2 amide bonds. The number of nitrogens with one attached hydrogen (secondary N) is 2. The number of amides is 2. The van der Waals surface area contributed by atoms with Gasteiger partial charge in [0, 0.05) is 23.2 Å². The topological polar surface area (TPSA) is 113 Å². The highest BCUT2D eigenvalue weighted by atomic mass is 16.5. The zero-order valence-corrected chi connectivity index (χ0v) is 19.2. The first-order chi connectivity index (χ1) is 17.0. The predicted molar refractivity (Wildman–Crippen MR) is 131 cm³/mol. The lowest BCUT2D eigenvalue weighted by Gasteiger charge is -2.07. The van der Waals surface area contributed by atoms with Gasteiger partial charge in [0.1, 0.15) is 29.0 Å². The Hall–Kier alpha value is -4.90. The third-order valence-electron chi connectivity index (χ3n) is 5.43. The third-order valence-corrected chi connectivity index (χ3v) is 5.43. The van der Waals surface area contributed by atoms with E-state index in [0.29, 0.717) is 28.2 Å². The summed E-state index contributed by atoms with van der Waals surface area (Å²) >= 11 is 0. The van der Waals surface area contributed by atoms with E-state index < -0.39 is 5.91 Å². The van der Waals surface area contributed by atoms with Crippen molar-refractivity contribution in [3.05, 3.63) is 101 Å². The van der Waals surface area contributed by atoms with E-state index >= 15 is 0 Å². The molecule has 0 aromatic heterocycles. The number of aliphatic imine (C=N–C) groups is 1. The van der Waals surface area contributed by atoms with Crippen molar-refractivity contribution in [2.45, 2.75) is 6.54 Å². The quantitative estimate of drug-likeness (QED) is 0.427. The van der Waals surface area contributed by atoms with Crippen LogP contribution < -0.4 is 20.1 Å². The van der Waals surface area contributed by atoms with E-state index in [0.717, 1.165) is 5.56 Å². The number of carbonyl (C=O) groups is 2. The Kier molecular flexibility index (Phi) is 6.88. The van der Waals surface area contributed by atoms with Crippen LogP contribution in [0.15, 0.2) is 83.4 Å². The molecule has 0 spiro atoms. The highest BCUT2D eigenvalue weighted by molar-refractivity contribution is 6.20. The van der Waals surface area contributed by atoms with Gasteiger partial charge in [-0.15, -0.1) is 0 Å². The molecule has 0 saturated carbocycles. The lowest BCUT2D eigenvalue weighted by atomic mass is 10.0. The minimum atomic E-state index is -0.556. The smallest absolute Gasteiger partial charge is 0.264 e. The summed E-state index contributed by atoms with van der Waals surface area (Å²) in [5, 5.41) is 15.3. The molecule has 2 N–H and O–H groups in total. The largest absolute Gasteiger partial charge is 0.497 e. The third kappa shape index (κ3) is 5.04. The van der Waals surface area contributed by atoms with Crippen molar-refractivity contribution in [2.75, 3.05) is 14.2 Å². The van der Waals surface area contributed by atoms with E-state index in [-0.39, 0.29) is 29.6 Å². The standard InChI is InChI=1S/C27H22N4O4/c1-34-19-11-7-17(8-12-19)16-29-27(33)23(15-28)24-21-5-3-4-6-22(21)25(30-24)31-26(32)18-9-13-20(35-2)14-10-18/h3-14H,16H2,1-2H3,(H,29,33)(H,30,31,32). The molecule has 3 aromatic carbocycles. The molecule has 0 fully saturated rings. The number of fused-ring (bicyclic) bond motifs is 1. The van der Waals surface area contributed by atoms with E-state index in [1.807, 2.05) is 18.2 Å². The number of hydrogen-bond acceptors (Lipinski definition) is 6. The second-order valence-electron chi connectivity index (χ2n) is 7.55. The van der Waals surface area contributed by atoms with Gasteiger partial charge in [-0.2, -0.15) is 5.26 Å². The Morgan fingerprint density at radius 1 is 0.886 bits per heavy atom. The average Bonchev–Trinajstić information content (AvgIpc) is 3.26. The van der Waals surface area contributed by atoms with Crippen LogP contribution in [0.25, 0.3) is 5.70 Å². The van der Waals surface area contributed by atoms with Crippen molar-refractivity contribution in [1.29, 1.82) is 5.26 Å². The van der Waals surface area contributed by atoms with Crippen LogP contribution in [0, 0.1) is 11.3 Å². The maximum absolute atomic E-state index is 12.9. The van der Waals surface area contributed by atoms with Crippen LogP contribution in [0.1, 0.15) is 27.0 Å². The van der Waals surface area contributed by atoms with E-state index in [1.165, 1.54) is 0 Å².